The summed E-state index contributed by atoms with van der Waals surface area (Å²) in [6.45, 7) is 0.911. The Morgan fingerprint density at radius 2 is 1.91 bits per heavy atom. The van der Waals surface area contributed by atoms with E-state index >= 15 is 0 Å². The number of nitrogens with zero attached hydrogens (tertiary/aromatic N) is 1. The SMILES string of the molecule is CS(=O)(=O)C1(C(=O)Nc2ccc(F)cn2)CCNCC1.Cl.Cl. The van der Waals surface area contributed by atoms with Gasteiger partial charge in [-0.15, -0.1) is 24.8 Å². The molecule has 0 radical (unpaired) electrons. The second-order valence-corrected chi connectivity index (χ2v) is 7.16. The number of nitrogens with one attached hydrogen (secondary N) is 2. The molecule has 10 heteroatoms. The number of amides is 1. The highest BCUT2D eigenvalue weighted by Gasteiger charge is 2.48. The molecule has 1 fully saturated rings. The fraction of sp³-hybridized carbons (Fsp3) is 0.500. The molecule has 2 N–H and O–H groups in total. The van der Waals surface area contributed by atoms with E-state index in [4.69, 9.17) is 0 Å². The highest BCUT2D eigenvalue weighted by atomic mass is 35.5. The molecule has 0 aliphatic carbocycles. The highest BCUT2D eigenvalue weighted by molar-refractivity contribution is 7.92. The van der Waals surface area contributed by atoms with Crippen LogP contribution in [0.2, 0.25) is 0 Å². The van der Waals surface area contributed by atoms with E-state index in [1.54, 1.807) is 0 Å². The Morgan fingerprint density at radius 3 is 2.36 bits per heavy atom. The van der Waals surface area contributed by atoms with Gasteiger partial charge in [-0.05, 0) is 38.1 Å². The van der Waals surface area contributed by atoms with Crippen molar-refractivity contribution < 1.29 is 17.6 Å². The summed E-state index contributed by atoms with van der Waals surface area (Å²) < 4.78 is 35.4. The number of piperidine rings is 1. The molecule has 1 saturated heterocycles. The van der Waals surface area contributed by atoms with E-state index < -0.39 is 26.3 Å². The smallest absolute Gasteiger partial charge is 0.247 e. The van der Waals surface area contributed by atoms with E-state index in [1.165, 1.54) is 6.07 Å². The summed E-state index contributed by atoms with van der Waals surface area (Å²) in [5.41, 5.74) is 0. The van der Waals surface area contributed by atoms with E-state index in [9.17, 15) is 17.6 Å². The summed E-state index contributed by atoms with van der Waals surface area (Å²) in [5.74, 6) is -0.999. The molecule has 1 aliphatic heterocycles. The van der Waals surface area contributed by atoms with Crippen molar-refractivity contribution in [3.8, 4) is 0 Å². The van der Waals surface area contributed by atoms with Gasteiger partial charge in [-0.2, -0.15) is 0 Å². The predicted octanol–water partition coefficient (Wildman–Crippen LogP) is 1.17. The van der Waals surface area contributed by atoms with E-state index in [1.807, 2.05) is 0 Å². The molecule has 0 spiro atoms. The van der Waals surface area contributed by atoms with Crippen LogP contribution in [0.25, 0.3) is 0 Å². The summed E-state index contributed by atoms with van der Waals surface area (Å²) in [5, 5.41) is 5.49. The van der Waals surface area contributed by atoms with Crippen molar-refractivity contribution in [2.45, 2.75) is 17.6 Å². The van der Waals surface area contributed by atoms with Gasteiger partial charge in [0.15, 0.2) is 14.6 Å². The number of halogens is 3. The lowest BCUT2D eigenvalue weighted by Gasteiger charge is -2.34. The van der Waals surface area contributed by atoms with Crippen molar-refractivity contribution in [3.05, 3.63) is 24.1 Å². The van der Waals surface area contributed by atoms with Crippen LogP contribution in [0, 0.1) is 5.82 Å². The van der Waals surface area contributed by atoms with Gasteiger partial charge in [-0.1, -0.05) is 0 Å². The quantitative estimate of drug-likeness (QED) is 0.829. The number of carbonyl (C=O) groups is 1. The van der Waals surface area contributed by atoms with Crippen molar-refractivity contribution in [1.29, 1.82) is 0 Å². The summed E-state index contributed by atoms with van der Waals surface area (Å²) in [7, 11) is -3.57. The number of rotatable bonds is 3. The summed E-state index contributed by atoms with van der Waals surface area (Å²) in [6, 6.07) is 2.45. The lowest BCUT2D eigenvalue weighted by molar-refractivity contribution is -0.119. The first-order valence-corrected chi connectivity index (χ1v) is 8.08. The minimum atomic E-state index is -3.57. The number of hydrogen-bond donors (Lipinski definition) is 2. The van der Waals surface area contributed by atoms with E-state index in [-0.39, 0.29) is 43.5 Å². The molecular weight excluding hydrogens is 356 g/mol. The third-order valence-electron chi connectivity index (χ3n) is 3.50. The fourth-order valence-corrected chi connectivity index (χ4v) is 3.61. The first kappa shape index (κ1) is 21.0. The van der Waals surface area contributed by atoms with Crippen molar-refractivity contribution in [2.24, 2.45) is 0 Å². The molecule has 1 aromatic heterocycles. The first-order valence-electron chi connectivity index (χ1n) is 6.18. The van der Waals surface area contributed by atoms with Crippen molar-refractivity contribution in [1.82, 2.24) is 10.3 Å². The lowest BCUT2D eigenvalue weighted by Crippen LogP contribution is -2.55. The molecule has 0 atom stereocenters. The van der Waals surface area contributed by atoms with Gasteiger partial charge in [0.1, 0.15) is 11.6 Å². The van der Waals surface area contributed by atoms with Crippen LogP contribution >= 0.6 is 24.8 Å². The van der Waals surface area contributed by atoms with Gasteiger partial charge >= 0.3 is 0 Å². The van der Waals surface area contributed by atoms with Crippen LogP contribution in [0.5, 0.6) is 0 Å². The van der Waals surface area contributed by atoms with Crippen LogP contribution in [-0.4, -0.2) is 43.4 Å². The monoisotopic (exact) mass is 373 g/mol. The number of anilines is 1. The van der Waals surface area contributed by atoms with Gasteiger partial charge < -0.3 is 10.6 Å². The maximum Gasteiger partial charge on any atom is 0.247 e. The number of hydrogen-bond acceptors (Lipinski definition) is 5. The highest BCUT2D eigenvalue weighted by Crippen LogP contribution is 2.29. The molecule has 22 heavy (non-hydrogen) atoms. The first-order chi connectivity index (χ1) is 9.35. The Labute approximate surface area is 141 Å². The number of aromatic nitrogens is 1. The fourth-order valence-electron chi connectivity index (χ4n) is 2.28. The standard InChI is InChI=1S/C12H16FN3O3S.2ClH/c1-20(18,19)12(4-6-14-7-5-12)11(17)16-10-3-2-9(13)8-15-10;;/h2-3,8,14H,4-7H2,1H3,(H,15,16,17);2*1H. The Balaban J connectivity index is 0.00000220. The molecule has 2 heterocycles. The van der Waals surface area contributed by atoms with Crippen LogP contribution in [0.1, 0.15) is 12.8 Å². The minimum absolute atomic E-state index is 0. The molecule has 1 aliphatic rings. The van der Waals surface area contributed by atoms with Gasteiger partial charge in [0.2, 0.25) is 5.91 Å². The molecule has 0 aromatic carbocycles. The number of sulfone groups is 1. The molecule has 126 valence electrons. The zero-order chi connectivity index (χ0) is 14.8. The normalized spacial score (nSPS) is 16.8. The predicted molar refractivity (Wildman–Crippen MR) is 87.0 cm³/mol. The molecule has 1 amide bonds. The molecule has 0 bridgehead atoms. The molecule has 6 nitrogen and oxygen atoms in total. The number of pyridine rings is 1. The molecular formula is C12H18Cl2FN3O3S. The maximum absolute atomic E-state index is 12.8. The molecule has 0 unspecified atom stereocenters. The van der Waals surface area contributed by atoms with Crippen LogP contribution < -0.4 is 10.6 Å². The van der Waals surface area contributed by atoms with Gasteiger partial charge in [-0.3, -0.25) is 4.79 Å². The van der Waals surface area contributed by atoms with Gasteiger partial charge in [0.05, 0.1) is 6.20 Å². The number of carbonyl (C=O) groups excluding carboxylic acids is 1. The van der Waals surface area contributed by atoms with Crippen molar-refractivity contribution >= 4 is 46.4 Å². The Hall–Kier alpha value is -0.960. The third-order valence-corrected chi connectivity index (χ3v) is 5.52. The topological polar surface area (TPSA) is 88.2 Å². The van der Waals surface area contributed by atoms with Gasteiger partial charge in [0, 0.05) is 6.26 Å². The summed E-state index contributed by atoms with van der Waals surface area (Å²) >= 11 is 0. The Kier molecular flexibility index (Phi) is 7.70. The molecule has 0 saturated carbocycles. The van der Waals surface area contributed by atoms with Gasteiger partial charge in [0.25, 0.3) is 0 Å². The van der Waals surface area contributed by atoms with Crippen molar-refractivity contribution in [3.63, 3.8) is 0 Å². The second-order valence-electron chi connectivity index (χ2n) is 4.83. The van der Waals surface area contributed by atoms with Crippen LogP contribution in [0.15, 0.2) is 18.3 Å². The van der Waals surface area contributed by atoms with Crippen LogP contribution in [-0.2, 0) is 14.6 Å². The van der Waals surface area contributed by atoms with Crippen LogP contribution in [0.4, 0.5) is 10.2 Å². The zero-order valence-electron chi connectivity index (χ0n) is 11.8. The molecule has 2 rings (SSSR count). The summed E-state index contributed by atoms with van der Waals surface area (Å²) in [4.78, 5) is 16.1. The summed E-state index contributed by atoms with van der Waals surface area (Å²) in [6.07, 6.45) is 2.44. The molecule has 1 aromatic rings. The Bertz CT molecular complexity index is 605. The van der Waals surface area contributed by atoms with E-state index in [2.05, 4.69) is 15.6 Å². The van der Waals surface area contributed by atoms with E-state index in [0.717, 1.165) is 18.5 Å². The zero-order valence-corrected chi connectivity index (χ0v) is 14.3. The lowest BCUT2D eigenvalue weighted by atomic mass is 9.96. The minimum Gasteiger partial charge on any atom is -0.317 e. The second kappa shape index (κ2) is 8.05. The largest absolute Gasteiger partial charge is 0.317 e. The van der Waals surface area contributed by atoms with Crippen LogP contribution in [0.3, 0.4) is 0 Å². The maximum atomic E-state index is 12.8. The Morgan fingerprint density at radius 1 is 1.32 bits per heavy atom. The third kappa shape index (κ3) is 4.28. The average molecular weight is 374 g/mol. The van der Waals surface area contributed by atoms with Gasteiger partial charge in [-0.25, -0.2) is 17.8 Å². The van der Waals surface area contributed by atoms with E-state index in [0.29, 0.717) is 13.1 Å². The van der Waals surface area contributed by atoms with Crippen molar-refractivity contribution in [2.75, 3.05) is 24.7 Å². The average Bonchev–Trinajstić information content (AvgIpc) is 2.41.